The SMILES string of the molecule is CCCCNC(=O)Cn1cnnc1C#N. The van der Waals surface area contributed by atoms with Crippen LogP contribution in [-0.4, -0.2) is 27.2 Å². The van der Waals surface area contributed by atoms with Crippen LogP contribution in [0.1, 0.15) is 25.6 Å². The summed E-state index contributed by atoms with van der Waals surface area (Å²) in [5.74, 6) is 0.0281. The molecule has 0 spiro atoms. The molecule has 0 radical (unpaired) electrons. The van der Waals surface area contributed by atoms with Crippen molar-refractivity contribution in [1.29, 1.82) is 5.26 Å². The van der Waals surface area contributed by atoms with Crippen molar-refractivity contribution in [3.05, 3.63) is 12.2 Å². The number of carbonyl (C=O) groups excluding carboxylic acids is 1. The summed E-state index contributed by atoms with van der Waals surface area (Å²) in [5, 5.41) is 18.5. The fourth-order valence-electron chi connectivity index (χ4n) is 1.07. The third-order valence-corrected chi connectivity index (χ3v) is 1.88. The molecule has 0 aromatic carbocycles. The van der Waals surface area contributed by atoms with Crippen LogP contribution in [0.3, 0.4) is 0 Å². The van der Waals surface area contributed by atoms with E-state index < -0.39 is 0 Å². The van der Waals surface area contributed by atoms with Gasteiger partial charge in [-0.25, -0.2) is 0 Å². The Hall–Kier alpha value is -1.90. The molecule has 1 amide bonds. The maximum absolute atomic E-state index is 11.4. The molecule has 1 heterocycles. The Morgan fingerprint density at radius 2 is 2.53 bits per heavy atom. The standard InChI is InChI=1S/C9H13N5O/c1-2-3-4-11-9(15)6-14-7-12-13-8(14)5-10/h7H,2-4,6H2,1H3,(H,11,15). The lowest BCUT2D eigenvalue weighted by Crippen LogP contribution is -2.28. The minimum atomic E-state index is -0.125. The summed E-state index contributed by atoms with van der Waals surface area (Å²) in [5.41, 5.74) is 0. The van der Waals surface area contributed by atoms with Gasteiger partial charge in [-0.15, -0.1) is 10.2 Å². The number of nitrogens with zero attached hydrogens (tertiary/aromatic N) is 4. The van der Waals surface area contributed by atoms with Crippen molar-refractivity contribution in [2.24, 2.45) is 0 Å². The number of hydrogen-bond acceptors (Lipinski definition) is 4. The molecule has 0 unspecified atom stereocenters. The Morgan fingerprint density at radius 1 is 1.73 bits per heavy atom. The Labute approximate surface area is 87.9 Å². The van der Waals surface area contributed by atoms with E-state index in [1.165, 1.54) is 10.9 Å². The van der Waals surface area contributed by atoms with E-state index in [2.05, 4.69) is 22.4 Å². The van der Waals surface area contributed by atoms with E-state index >= 15 is 0 Å². The minimum absolute atomic E-state index is 0.0968. The lowest BCUT2D eigenvalue weighted by molar-refractivity contribution is -0.121. The third-order valence-electron chi connectivity index (χ3n) is 1.88. The van der Waals surface area contributed by atoms with Gasteiger partial charge in [0.05, 0.1) is 0 Å². The van der Waals surface area contributed by atoms with Gasteiger partial charge in [-0.1, -0.05) is 13.3 Å². The zero-order valence-corrected chi connectivity index (χ0v) is 8.60. The van der Waals surface area contributed by atoms with Gasteiger partial charge < -0.3 is 5.32 Å². The maximum atomic E-state index is 11.4. The Bertz CT molecular complexity index is 365. The molecule has 0 atom stereocenters. The molecule has 6 heteroatoms. The summed E-state index contributed by atoms with van der Waals surface area (Å²) < 4.78 is 1.42. The number of aromatic nitrogens is 3. The Balaban J connectivity index is 2.42. The molecular formula is C9H13N5O. The van der Waals surface area contributed by atoms with Gasteiger partial charge in [0, 0.05) is 6.54 Å². The van der Waals surface area contributed by atoms with Crippen molar-refractivity contribution in [2.45, 2.75) is 26.3 Å². The first-order chi connectivity index (χ1) is 7.27. The zero-order valence-electron chi connectivity index (χ0n) is 8.60. The second-order valence-corrected chi connectivity index (χ2v) is 3.10. The highest BCUT2D eigenvalue weighted by molar-refractivity contribution is 5.75. The topological polar surface area (TPSA) is 83.6 Å². The van der Waals surface area contributed by atoms with Crippen molar-refractivity contribution >= 4 is 5.91 Å². The molecule has 1 N–H and O–H groups in total. The van der Waals surface area contributed by atoms with Gasteiger partial charge in [0.1, 0.15) is 18.9 Å². The van der Waals surface area contributed by atoms with Crippen LogP contribution in [-0.2, 0) is 11.3 Å². The normalized spacial score (nSPS) is 9.60. The second kappa shape index (κ2) is 5.75. The van der Waals surface area contributed by atoms with E-state index in [0.29, 0.717) is 6.54 Å². The molecule has 0 saturated heterocycles. The maximum Gasteiger partial charge on any atom is 0.240 e. The molecule has 80 valence electrons. The van der Waals surface area contributed by atoms with Crippen molar-refractivity contribution in [1.82, 2.24) is 20.1 Å². The van der Waals surface area contributed by atoms with E-state index in [1.807, 2.05) is 6.07 Å². The van der Waals surface area contributed by atoms with Crippen LogP contribution in [0.15, 0.2) is 6.33 Å². The second-order valence-electron chi connectivity index (χ2n) is 3.10. The van der Waals surface area contributed by atoms with Gasteiger partial charge in [-0.3, -0.25) is 9.36 Å². The van der Waals surface area contributed by atoms with Crippen LogP contribution in [0, 0.1) is 11.3 Å². The Kier molecular flexibility index (Phi) is 4.29. The lowest BCUT2D eigenvalue weighted by Gasteiger charge is -2.04. The van der Waals surface area contributed by atoms with Gasteiger partial charge >= 0.3 is 0 Å². The van der Waals surface area contributed by atoms with Gasteiger partial charge in [-0.2, -0.15) is 5.26 Å². The van der Waals surface area contributed by atoms with Crippen LogP contribution >= 0.6 is 0 Å². The summed E-state index contributed by atoms with van der Waals surface area (Å²) in [6.45, 7) is 2.82. The van der Waals surface area contributed by atoms with Crippen LogP contribution < -0.4 is 5.32 Å². The fourth-order valence-corrected chi connectivity index (χ4v) is 1.07. The number of unbranched alkanes of at least 4 members (excludes halogenated alkanes) is 1. The highest BCUT2D eigenvalue weighted by Gasteiger charge is 2.06. The predicted octanol–water partition coefficient (Wildman–Crippen LogP) is 0.0661. The van der Waals surface area contributed by atoms with Gasteiger partial charge in [-0.05, 0) is 6.42 Å². The highest BCUT2D eigenvalue weighted by Crippen LogP contribution is 1.92. The van der Waals surface area contributed by atoms with E-state index in [0.717, 1.165) is 12.8 Å². The molecule has 15 heavy (non-hydrogen) atoms. The fraction of sp³-hybridized carbons (Fsp3) is 0.556. The number of hydrogen-bond donors (Lipinski definition) is 1. The average Bonchev–Trinajstić information content (AvgIpc) is 2.65. The third kappa shape index (κ3) is 3.38. The molecule has 0 aliphatic heterocycles. The smallest absolute Gasteiger partial charge is 0.240 e. The van der Waals surface area contributed by atoms with Crippen molar-refractivity contribution in [3.63, 3.8) is 0 Å². The molecule has 1 aromatic rings. The molecule has 0 bridgehead atoms. The lowest BCUT2D eigenvalue weighted by atomic mass is 10.3. The summed E-state index contributed by atoms with van der Waals surface area (Å²) in [7, 11) is 0. The van der Waals surface area contributed by atoms with Gasteiger partial charge in [0.15, 0.2) is 0 Å². The largest absolute Gasteiger partial charge is 0.355 e. The van der Waals surface area contributed by atoms with Crippen LogP contribution in [0.5, 0.6) is 0 Å². The van der Waals surface area contributed by atoms with E-state index in [1.54, 1.807) is 0 Å². The van der Waals surface area contributed by atoms with Crippen LogP contribution in [0.25, 0.3) is 0 Å². The van der Waals surface area contributed by atoms with Crippen molar-refractivity contribution in [2.75, 3.05) is 6.54 Å². The summed E-state index contributed by atoms with van der Waals surface area (Å²) in [6, 6.07) is 1.86. The first kappa shape index (κ1) is 11.2. The highest BCUT2D eigenvalue weighted by atomic mass is 16.1. The summed E-state index contributed by atoms with van der Waals surface area (Å²) in [6.07, 6.45) is 3.37. The van der Waals surface area contributed by atoms with Gasteiger partial charge in [0.25, 0.3) is 0 Å². The molecule has 0 aliphatic rings. The molecular weight excluding hydrogens is 194 g/mol. The average molecular weight is 207 g/mol. The molecule has 0 aliphatic carbocycles. The van der Waals surface area contributed by atoms with Crippen molar-refractivity contribution in [3.8, 4) is 6.07 Å². The number of nitriles is 1. The first-order valence-electron chi connectivity index (χ1n) is 4.82. The monoisotopic (exact) mass is 207 g/mol. The number of carbonyl (C=O) groups is 1. The number of nitrogens with one attached hydrogen (secondary N) is 1. The quantitative estimate of drug-likeness (QED) is 0.692. The molecule has 0 saturated carbocycles. The summed E-state index contributed by atoms with van der Waals surface area (Å²) >= 11 is 0. The summed E-state index contributed by atoms with van der Waals surface area (Å²) in [4.78, 5) is 11.4. The Morgan fingerprint density at radius 3 is 3.20 bits per heavy atom. The van der Waals surface area contributed by atoms with E-state index in [4.69, 9.17) is 5.26 Å². The van der Waals surface area contributed by atoms with Crippen LogP contribution in [0.4, 0.5) is 0 Å². The molecule has 0 fully saturated rings. The number of amides is 1. The molecule has 1 aromatic heterocycles. The number of rotatable bonds is 5. The van der Waals surface area contributed by atoms with Gasteiger partial charge in [0.2, 0.25) is 11.7 Å². The van der Waals surface area contributed by atoms with Crippen LogP contribution in [0.2, 0.25) is 0 Å². The van der Waals surface area contributed by atoms with E-state index in [-0.39, 0.29) is 18.3 Å². The molecule has 6 nitrogen and oxygen atoms in total. The first-order valence-corrected chi connectivity index (χ1v) is 4.82. The molecule has 1 rings (SSSR count). The predicted molar refractivity (Wildman–Crippen MR) is 52.7 cm³/mol. The zero-order chi connectivity index (χ0) is 11.1. The van der Waals surface area contributed by atoms with E-state index in [9.17, 15) is 4.79 Å². The minimum Gasteiger partial charge on any atom is -0.355 e. The van der Waals surface area contributed by atoms with Crippen molar-refractivity contribution < 1.29 is 4.79 Å².